The summed E-state index contributed by atoms with van der Waals surface area (Å²) < 4.78 is 51.3. The van der Waals surface area contributed by atoms with E-state index in [4.69, 9.17) is 21.1 Å². The average molecular weight is 376 g/mol. The number of benzene rings is 1. The SMILES string of the molecule is COc1ccc(C(C)C(O)(c2ccc(OC)nc2)C(F)(F)F)c(Cl)c1. The standard InChI is InChI=1S/C17H17ClF3NO3/c1-10(13-6-5-12(24-2)8-14(13)18)16(23,17(19,20)21)11-4-7-15(25-3)22-9-11/h4-10,23H,1-3H3. The highest BCUT2D eigenvalue weighted by Gasteiger charge is 2.59. The van der Waals surface area contributed by atoms with Crippen molar-refractivity contribution < 1.29 is 27.8 Å². The molecule has 0 aliphatic heterocycles. The lowest BCUT2D eigenvalue weighted by Gasteiger charge is -2.36. The van der Waals surface area contributed by atoms with Gasteiger partial charge < -0.3 is 14.6 Å². The van der Waals surface area contributed by atoms with Crippen molar-refractivity contribution >= 4 is 11.6 Å². The van der Waals surface area contributed by atoms with Crippen LogP contribution in [0.1, 0.15) is 24.0 Å². The van der Waals surface area contributed by atoms with E-state index in [1.807, 2.05) is 0 Å². The van der Waals surface area contributed by atoms with Gasteiger partial charge in [0.1, 0.15) is 5.75 Å². The maximum atomic E-state index is 13.8. The van der Waals surface area contributed by atoms with E-state index in [1.54, 1.807) is 0 Å². The predicted molar refractivity (Wildman–Crippen MR) is 87.2 cm³/mol. The molecule has 2 aromatic rings. The highest BCUT2D eigenvalue weighted by atomic mass is 35.5. The molecule has 0 fully saturated rings. The molecule has 4 nitrogen and oxygen atoms in total. The summed E-state index contributed by atoms with van der Waals surface area (Å²) in [6.45, 7) is 1.26. The Kier molecular flexibility index (Phi) is 5.49. The minimum absolute atomic E-state index is 0.0657. The van der Waals surface area contributed by atoms with Crippen molar-refractivity contribution in [1.82, 2.24) is 4.98 Å². The molecule has 2 rings (SSSR count). The van der Waals surface area contributed by atoms with Gasteiger partial charge in [-0.15, -0.1) is 0 Å². The van der Waals surface area contributed by atoms with E-state index < -0.39 is 23.3 Å². The van der Waals surface area contributed by atoms with Crippen molar-refractivity contribution in [3.05, 3.63) is 52.7 Å². The smallest absolute Gasteiger partial charge is 0.422 e. The van der Waals surface area contributed by atoms with Gasteiger partial charge in [-0.3, -0.25) is 0 Å². The van der Waals surface area contributed by atoms with Gasteiger partial charge >= 0.3 is 6.18 Å². The first-order valence-corrected chi connectivity index (χ1v) is 7.66. The van der Waals surface area contributed by atoms with Gasteiger partial charge in [-0.05, 0) is 23.8 Å². The van der Waals surface area contributed by atoms with Crippen LogP contribution >= 0.6 is 11.6 Å². The lowest BCUT2D eigenvalue weighted by molar-refractivity contribution is -0.274. The lowest BCUT2D eigenvalue weighted by Crippen LogP contribution is -2.46. The largest absolute Gasteiger partial charge is 0.497 e. The number of aromatic nitrogens is 1. The molecule has 8 heteroatoms. The summed E-state index contributed by atoms with van der Waals surface area (Å²) in [6, 6.07) is 6.68. The molecular weight excluding hydrogens is 359 g/mol. The van der Waals surface area contributed by atoms with Crippen molar-refractivity contribution in [2.24, 2.45) is 0 Å². The third-order valence-corrected chi connectivity index (χ3v) is 4.45. The van der Waals surface area contributed by atoms with Crippen LogP contribution in [0.5, 0.6) is 11.6 Å². The van der Waals surface area contributed by atoms with Gasteiger partial charge in [-0.25, -0.2) is 4.98 Å². The summed E-state index contributed by atoms with van der Waals surface area (Å²) in [6.07, 6.45) is -4.01. The number of pyridine rings is 1. The van der Waals surface area contributed by atoms with Gasteiger partial charge in [-0.2, -0.15) is 13.2 Å². The highest BCUT2D eigenvalue weighted by Crippen LogP contribution is 2.49. The monoisotopic (exact) mass is 375 g/mol. The topological polar surface area (TPSA) is 51.6 Å². The molecule has 0 spiro atoms. The summed E-state index contributed by atoms with van der Waals surface area (Å²) in [7, 11) is 2.77. The third-order valence-electron chi connectivity index (χ3n) is 4.12. The van der Waals surface area contributed by atoms with Gasteiger partial charge in [0.25, 0.3) is 0 Å². The number of nitrogens with zero attached hydrogens (tertiary/aromatic N) is 1. The van der Waals surface area contributed by atoms with Crippen LogP contribution < -0.4 is 9.47 Å². The Morgan fingerprint density at radius 3 is 2.24 bits per heavy atom. The Morgan fingerprint density at radius 2 is 1.80 bits per heavy atom. The number of rotatable bonds is 5. The fourth-order valence-electron chi connectivity index (χ4n) is 2.60. The van der Waals surface area contributed by atoms with E-state index in [0.717, 1.165) is 12.3 Å². The van der Waals surface area contributed by atoms with Gasteiger partial charge in [-0.1, -0.05) is 24.6 Å². The van der Waals surface area contributed by atoms with E-state index in [0.29, 0.717) is 5.75 Å². The fourth-order valence-corrected chi connectivity index (χ4v) is 2.93. The van der Waals surface area contributed by atoms with Crippen LogP contribution in [0.2, 0.25) is 5.02 Å². The fraction of sp³-hybridized carbons (Fsp3) is 0.353. The first-order chi connectivity index (χ1) is 11.6. The third kappa shape index (κ3) is 3.52. The molecule has 1 N–H and O–H groups in total. The van der Waals surface area contributed by atoms with Crippen LogP contribution in [0.3, 0.4) is 0 Å². The van der Waals surface area contributed by atoms with E-state index in [-0.39, 0.29) is 16.5 Å². The maximum Gasteiger partial charge on any atom is 0.422 e. The van der Waals surface area contributed by atoms with Crippen LogP contribution in [0.4, 0.5) is 13.2 Å². The van der Waals surface area contributed by atoms with E-state index in [9.17, 15) is 18.3 Å². The Hall–Kier alpha value is -1.99. The number of ether oxygens (including phenoxy) is 2. The van der Waals surface area contributed by atoms with Crippen LogP contribution in [-0.4, -0.2) is 30.5 Å². The Balaban J connectivity index is 2.56. The van der Waals surface area contributed by atoms with Crippen LogP contribution in [0, 0.1) is 0 Å². The van der Waals surface area contributed by atoms with Crippen molar-refractivity contribution in [2.75, 3.05) is 14.2 Å². The second kappa shape index (κ2) is 7.09. The minimum atomic E-state index is -4.95. The first-order valence-electron chi connectivity index (χ1n) is 7.28. The average Bonchev–Trinajstić information content (AvgIpc) is 2.59. The highest BCUT2D eigenvalue weighted by molar-refractivity contribution is 6.31. The molecule has 0 aliphatic carbocycles. The number of alkyl halides is 3. The predicted octanol–water partition coefficient (Wildman–Crippen LogP) is 4.31. The molecule has 0 amide bonds. The summed E-state index contributed by atoms with van der Waals surface area (Å²) in [5.41, 5.74) is -3.44. The van der Waals surface area contributed by atoms with E-state index in [1.165, 1.54) is 45.4 Å². The summed E-state index contributed by atoms with van der Waals surface area (Å²) in [4.78, 5) is 3.77. The number of aliphatic hydroxyl groups is 1. The number of hydrogen-bond acceptors (Lipinski definition) is 4. The molecular formula is C17H17ClF3NO3. The summed E-state index contributed by atoms with van der Waals surface area (Å²) in [5.74, 6) is -0.841. The Labute approximate surface area is 148 Å². The lowest BCUT2D eigenvalue weighted by atomic mass is 9.78. The minimum Gasteiger partial charge on any atom is -0.497 e. The number of halogens is 4. The quantitative estimate of drug-likeness (QED) is 0.846. The van der Waals surface area contributed by atoms with Crippen molar-refractivity contribution in [2.45, 2.75) is 24.6 Å². The second-order valence-electron chi connectivity index (χ2n) is 5.46. The molecule has 0 radical (unpaired) electrons. The van der Waals surface area contributed by atoms with Crippen molar-refractivity contribution in [1.29, 1.82) is 0 Å². The first kappa shape index (κ1) is 19.3. The summed E-state index contributed by atoms with van der Waals surface area (Å²) >= 11 is 6.10. The van der Waals surface area contributed by atoms with E-state index >= 15 is 0 Å². The molecule has 0 saturated heterocycles. The van der Waals surface area contributed by atoms with Crippen LogP contribution in [-0.2, 0) is 5.60 Å². The molecule has 136 valence electrons. The van der Waals surface area contributed by atoms with Gasteiger partial charge in [0.15, 0.2) is 5.60 Å². The zero-order chi connectivity index (χ0) is 18.8. The Bertz CT molecular complexity index is 737. The molecule has 1 heterocycles. The molecule has 2 unspecified atom stereocenters. The van der Waals surface area contributed by atoms with Crippen LogP contribution in [0.15, 0.2) is 36.5 Å². The maximum absolute atomic E-state index is 13.8. The van der Waals surface area contributed by atoms with Crippen molar-refractivity contribution in [3.8, 4) is 11.6 Å². The molecule has 0 bridgehead atoms. The molecule has 0 aliphatic rings. The van der Waals surface area contributed by atoms with Crippen molar-refractivity contribution in [3.63, 3.8) is 0 Å². The second-order valence-corrected chi connectivity index (χ2v) is 5.87. The van der Waals surface area contributed by atoms with Gasteiger partial charge in [0.2, 0.25) is 5.88 Å². The van der Waals surface area contributed by atoms with E-state index in [2.05, 4.69) is 4.98 Å². The molecule has 1 aromatic carbocycles. The molecule has 0 saturated carbocycles. The molecule has 25 heavy (non-hydrogen) atoms. The summed E-state index contributed by atoms with van der Waals surface area (Å²) in [5, 5.41) is 10.7. The number of hydrogen-bond donors (Lipinski definition) is 1. The van der Waals surface area contributed by atoms with Gasteiger partial charge in [0, 0.05) is 28.8 Å². The van der Waals surface area contributed by atoms with Gasteiger partial charge in [0.05, 0.1) is 14.2 Å². The zero-order valence-corrected chi connectivity index (χ0v) is 14.5. The zero-order valence-electron chi connectivity index (χ0n) is 13.8. The molecule has 1 aromatic heterocycles. The normalized spacial score (nSPS) is 15.4. The number of methoxy groups -OCH3 is 2. The van der Waals surface area contributed by atoms with Crippen LogP contribution in [0.25, 0.3) is 0 Å². The Morgan fingerprint density at radius 1 is 1.12 bits per heavy atom. The molecule has 2 atom stereocenters.